The van der Waals surface area contributed by atoms with Crippen molar-refractivity contribution in [2.24, 2.45) is 5.41 Å². The predicted molar refractivity (Wildman–Crippen MR) is 247 cm³/mol. The van der Waals surface area contributed by atoms with Gasteiger partial charge in [-0.1, -0.05) is 51.6 Å². The summed E-state index contributed by atoms with van der Waals surface area (Å²) in [6, 6.07) is 10.5. The number of nitrogens with zero attached hydrogens (tertiary/aromatic N) is 6. The number of pyridine rings is 1. The smallest absolute Gasteiger partial charge is 0.420 e. The van der Waals surface area contributed by atoms with Crippen LogP contribution < -0.4 is 25.2 Å². The SMILES string of the molecule is C=C1N(c2ccc(C#N)c(C(F)(F)F)c2F)C(=O)C(C)(C)N1c1cnc(OCCOCCOCC(=O)N[C@H](C(=O)N2C[C@H](O)C[C@H]2C(=O)NCc2ccc(-c3scnc3C)cc2)C(C)(C)C)c(C)c1. The van der Waals surface area contributed by atoms with E-state index < -0.39 is 81.6 Å². The van der Waals surface area contributed by atoms with Crippen LogP contribution in [0.3, 0.4) is 0 Å². The fourth-order valence-corrected chi connectivity index (χ4v) is 8.93. The Labute approximate surface area is 400 Å². The van der Waals surface area contributed by atoms with Crippen LogP contribution in [-0.2, 0) is 41.4 Å². The first-order valence-electron chi connectivity index (χ1n) is 21.9. The largest absolute Gasteiger partial charge is 0.475 e. The topological polar surface area (TPSA) is 200 Å². The molecule has 3 atom stereocenters. The molecule has 4 heterocycles. The van der Waals surface area contributed by atoms with E-state index >= 15 is 4.39 Å². The van der Waals surface area contributed by atoms with Gasteiger partial charge in [-0.3, -0.25) is 24.1 Å². The van der Waals surface area contributed by atoms with Crippen molar-refractivity contribution in [1.82, 2.24) is 25.5 Å². The molecular formula is C48H54F4N8O8S. The Morgan fingerprint density at radius 3 is 2.35 bits per heavy atom. The number of aromatic nitrogens is 2. The average molecular weight is 979 g/mol. The quantitative estimate of drug-likeness (QED) is 0.0804. The predicted octanol–water partition coefficient (Wildman–Crippen LogP) is 6.18. The van der Waals surface area contributed by atoms with Gasteiger partial charge in [-0.25, -0.2) is 14.4 Å². The summed E-state index contributed by atoms with van der Waals surface area (Å²) in [6.07, 6.45) is -4.70. The fraction of sp³-hybridized carbons (Fsp3) is 0.438. The third kappa shape index (κ3) is 11.5. The summed E-state index contributed by atoms with van der Waals surface area (Å²) < 4.78 is 73.6. The maximum absolute atomic E-state index is 15.4. The van der Waals surface area contributed by atoms with E-state index in [9.17, 15) is 42.7 Å². The molecular weight excluding hydrogens is 925 g/mol. The summed E-state index contributed by atoms with van der Waals surface area (Å²) in [7, 11) is 0. The molecule has 368 valence electrons. The summed E-state index contributed by atoms with van der Waals surface area (Å²) in [6.45, 7) is 15.9. The number of nitrogens with one attached hydrogen (secondary N) is 2. The minimum Gasteiger partial charge on any atom is -0.475 e. The highest BCUT2D eigenvalue weighted by Gasteiger charge is 2.51. The van der Waals surface area contributed by atoms with Gasteiger partial charge in [0.05, 0.1) is 71.2 Å². The molecule has 2 aliphatic heterocycles. The molecule has 4 amide bonds. The molecule has 16 nitrogen and oxygen atoms in total. The second kappa shape index (κ2) is 21.0. The van der Waals surface area contributed by atoms with Gasteiger partial charge in [-0.15, -0.1) is 11.3 Å². The first kappa shape index (κ1) is 51.9. The Balaban J connectivity index is 0.944. The van der Waals surface area contributed by atoms with E-state index in [1.54, 1.807) is 50.6 Å². The lowest BCUT2D eigenvalue weighted by Gasteiger charge is -2.35. The number of aryl methyl sites for hydroxylation is 2. The minimum atomic E-state index is -5.20. The molecule has 6 rings (SSSR count). The number of benzene rings is 2. The van der Waals surface area contributed by atoms with Gasteiger partial charge in [0, 0.05) is 25.1 Å². The van der Waals surface area contributed by atoms with Crippen LogP contribution in [0, 0.1) is 36.4 Å². The Bertz CT molecular complexity index is 2630. The summed E-state index contributed by atoms with van der Waals surface area (Å²) in [5.74, 6) is -3.95. The van der Waals surface area contributed by atoms with Crippen LogP contribution in [0.5, 0.6) is 5.88 Å². The van der Waals surface area contributed by atoms with Crippen molar-refractivity contribution in [1.29, 1.82) is 5.26 Å². The molecule has 0 spiro atoms. The number of likely N-dealkylation sites (tertiary alicyclic amines) is 1. The van der Waals surface area contributed by atoms with Crippen LogP contribution in [0.1, 0.15) is 69.0 Å². The van der Waals surface area contributed by atoms with Crippen molar-refractivity contribution >= 4 is 46.3 Å². The van der Waals surface area contributed by atoms with Gasteiger partial charge in [0.25, 0.3) is 5.91 Å². The van der Waals surface area contributed by atoms with E-state index in [1.807, 2.05) is 31.2 Å². The molecule has 4 aromatic rings. The van der Waals surface area contributed by atoms with Crippen LogP contribution in [0.2, 0.25) is 0 Å². The zero-order chi connectivity index (χ0) is 50.6. The van der Waals surface area contributed by atoms with E-state index in [0.29, 0.717) is 11.3 Å². The summed E-state index contributed by atoms with van der Waals surface area (Å²) in [5.41, 5.74) is -0.175. The van der Waals surface area contributed by atoms with E-state index in [1.165, 1.54) is 35.9 Å². The molecule has 3 N–H and O–H groups in total. The van der Waals surface area contributed by atoms with Crippen molar-refractivity contribution in [3.8, 4) is 22.4 Å². The number of carbonyl (C=O) groups excluding carboxylic acids is 4. The molecule has 21 heteroatoms. The number of hydrogen-bond donors (Lipinski definition) is 3. The lowest BCUT2D eigenvalue weighted by Crippen LogP contribution is -2.58. The van der Waals surface area contributed by atoms with E-state index in [4.69, 9.17) is 14.2 Å². The fourth-order valence-electron chi connectivity index (χ4n) is 8.12. The Kier molecular flexibility index (Phi) is 15.8. The van der Waals surface area contributed by atoms with Gasteiger partial charge in [0.2, 0.25) is 23.6 Å². The summed E-state index contributed by atoms with van der Waals surface area (Å²) in [4.78, 5) is 67.2. The number of aliphatic hydroxyl groups excluding tert-OH is 1. The zero-order valence-electron chi connectivity index (χ0n) is 39.2. The number of carbonyl (C=O) groups is 4. The van der Waals surface area contributed by atoms with Crippen LogP contribution in [0.25, 0.3) is 10.4 Å². The molecule has 2 aromatic heterocycles. The second-order valence-electron chi connectivity index (χ2n) is 18.2. The van der Waals surface area contributed by atoms with Gasteiger partial charge in [0.15, 0.2) is 5.82 Å². The van der Waals surface area contributed by atoms with Gasteiger partial charge in [-0.05, 0) is 62.4 Å². The molecule has 2 saturated heterocycles. The molecule has 0 saturated carbocycles. The number of thiazole rings is 1. The zero-order valence-corrected chi connectivity index (χ0v) is 40.0. The molecule has 0 bridgehead atoms. The van der Waals surface area contributed by atoms with Crippen molar-refractivity contribution in [3.05, 3.63) is 100 Å². The monoisotopic (exact) mass is 978 g/mol. The molecule has 2 aliphatic rings. The maximum Gasteiger partial charge on any atom is 0.420 e. The van der Waals surface area contributed by atoms with Crippen LogP contribution in [0.4, 0.5) is 28.9 Å². The second-order valence-corrected chi connectivity index (χ2v) is 19.0. The standard InChI is InChI=1S/C48H54F4N8O8S/c1-27-19-33(60-29(3)59(45(65)47(60,7)8)35-14-13-32(21-53)38(39(35)49)48(50,51)52)23-55-43(27)68-18-17-66-15-16-67-25-37(62)57-41(46(4,5)6)44(64)58-24-34(61)20-36(58)42(63)54-22-30-9-11-31(12-10-30)40-28(2)56-26-69-40/h9-14,19,23,26,34,36,41,61H,3,15-18,20,22,24-25H2,1-2,4-8H3,(H,54,63)(H,57,62)/t34-,36+,41-/m1/s1. The number of ether oxygens (including phenoxy) is 3. The Hall–Kier alpha value is -6.47. The van der Waals surface area contributed by atoms with Crippen LogP contribution in [0.15, 0.2) is 66.6 Å². The first-order valence-corrected chi connectivity index (χ1v) is 22.8. The molecule has 0 radical (unpaired) electrons. The van der Waals surface area contributed by atoms with Crippen LogP contribution >= 0.6 is 11.3 Å². The highest BCUT2D eigenvalue weighted by atomic mass is 32.1. The highest BCUT2D eigenvalue weighted by molar-refractivity contribution is 7.13. The highest BCUT2D eigenvalue weighted by Crippen LogP contribution is 2.44. The summed E-state index contributed by atoms with van der Waals surface area (Å²) in [5, 5.41) is 25.4. The van der Waals surface area contributed by atoms with Gasteiger partial charge in [0.1, 0.15) is 42.2 Å². The third-order valence-electron chi connectivity index (χ3n) is 11.6. The maximum atomic E-state index is 15.4. The minimum absolute atomic E-state index is 0.0246. The lowest BCUT2D eigenvalue weighted by molar-refractivity contribution is -0.144. The number of nitriles is 1. The number of anilines is 2. The number of halogens is 4. The molecule has 69 heavy (non-hydrogen) atoms. The van der Waals surface area contributed by atoms with Crippen molar-refractivity contribution in [2.75, 3.05) is 49.4 Å². The number of β-amino-alcohol motifs (C(OH)–C–C–N with tert-alkyl or cyclic N) is 1. The Morgan fingerprint density at radius 1 is 1.04 bits per heavy atom. The van der Waals surface area contributed by atoms with Crippen LogP contribution in [-0.4, -0.2) is 107 Å². The molecule has 2 fully saturated rings. The Morgan fingerprint density at radius 2 is 1.72 bits per heavy atom. The van der Waals surface area contributed by atoms with Crippen molar-refractivity contribution in [3.63, 3.8) is 0 Å². The van der Waals surface area contributed by atoms with E-state index in [0.717, 1.165) is 38.7 Å². The average Bonchev–Trinajstić information content (AvgIpc) is 3.94. The van der Waals surface area contributed by atoms with E-state index in [2.05, 4.69) is 27.2 Å². The lowest BCUT2D eigenvalue weighted by atomic mass is 9.85. The van der Waals surface area contributed by atoms with E-state index in [-0.39, 0.29) is 64.2 Å². The van der Waals surface area contributed by atoms with Gasteiger partial charge in [-0.2, -0.15) is 18.4 Å². The third-order valence-corrected chi connectivity index (χ3v) is 12.6. The number of rotatable bonds is 17. The first-order chi connectivity index (χ1) is 32.4. The number of aliphatic hydroxyl groups is 1. The molecule has 0 aliphatic carbocycles. The normalized spacial score (nSPS) is 17.5. The summed E-state index contributed by atoms with van der Waals surface area (Å²) >= 11 is 1.55. The molecule has 2 aromatic carbocycles. The number of hydrogen-bond acceptors (Lipinski definition) is 13. The number of alkyl halides is 3. The van der Waals surface area contributed by atoms with Crippen molar-refractivity contribution < 1.29 is 56.1 Å². The number of amides is 4. The van der Waals surface area contributed by atoms with Gasteiger partial charge < -0.3 is 39.8 Å². The van der Waals surface area contributed by atoms with Gasteiger partial charge >= 0.3 is 6.18 Å². The van der Waals surface area contributed by atoms with Crippen molar-refractivity contribution in [2.45, 2.75) is 91.3 Å². The molecule has 0 unspecified atom stereocenters.